The fourth-order valence-electron chi connectivity index (χ4n) is 4.61. The summed E-state index contributed by atoms with van der Waals surface area (Å²) in [5, 5.41) is 3.05. The number of carbonyl (C=O) groups is 2. The standard InChI is InChI=1S/C26H32N4O2/c1-3-19(4-2)26(32)27-16-15-24-28-21-12-6-8-14-23(21)30(24)18-25(31)29-17-9-11-20-10-5-7-13-22(20)29/h5-8,10,12-14,19H,3-4,9,11,15-18H2,1-2H3,(H,27,32). The van der Waals surface area contributed by atoms with Crippen LogP contribution < -0.4 is 10.2 Å². The summed E-state index contributed by atoms with van der Waals surface area (Å²) in [7, 11) is 0. The van der Waals surface area contributed by atoms with E-state index >= 15 is 0 Å². The smallest absolute Gasteiger partial charge is 0.246 e. The molecule has 2 amide bonds. The number of nitrogens with one attached hydrogen (secondary N) is 1. The number of aryl methyl sites for hydroxylation is 1. The van der Waals surface area contributed by atoms with Gasteiger partial charge in [-0.25, -0.2) is 4.98 Å². The molecule has 168 valence electrons. The van der Waals surface area contributed by atoms with Gasteiger partial charge in [-0.15, -0.1) is 0 Å². The predicted octanol–water partition coefficient (Wildman–Crippen LogP) is 4.11. The third-order valence-corrected chi connectivity index (χ3v) is 6.44. The normalized spacial score (nSPS) is 13.4. The van der Waals surface area contributed by atoms with Crippen molar-refractivity contribution in [2.75, 3.05) is 18.0 Å². The number of hydrogen-bond donors (Lipinski definition) is 1. The molecule has 2 aromatic carbocycles. The zero-order chi connectivity index (χ0) is 22.5. The third kappa shape index (κ3) is 4.54. The van der Waals surface area contributed by atoms with Gasteiger partial charge >= 0.3 is 0 Å². The first-order valence-electron chi connectivity index (χ1n) is 11.7. The van der Waals surface area contributed by atoms with Crippen LogP contribution in [0.3, 0.4) is 0 Å². The summed E-state index contributed by atoms with van der Waals surface area (Å²) in [5.74, 6) is 1.05. The number of amides is 2. The molecule has 32 heavy (non-hydrogen) atoms. The average molecular weight is 433 g/mol. The number of anilines is 1. The van der Waals surface area contributed by atoms with Crippen molar-refractivity contribution in [2.24, 2.45) is 5.92 Å². The van der Waals surface area contributed by atoms with Crippen LogP contribution in [0.5, 0.6) is 0 Å². The van der Waals surface area contributed by atoms with Crippen LogP contribution in [0, 0.1) is 5.92 Å². The summed E-state index contributed by atoms with van der Waals surface area (Å²) in [6, 6.07) is 16.1. The molecule has 6 heteroatoms. The van der Waals surface area contributed by atoms with E-state index in [-0.39, 0.29) is 24.3 Å². The van der Waals surface area contributed by atoms with Gasteiger partial charge in [0.15, 0.2) is 0 Å². The van der Waals surface area contributed by atoms with Crippen molar-refractivity contribution in [3.63, 3.8) is 0 Å². The molecule has 4 rings (SSSR count). The van der Waals surface area contributed by atoms with Gasteiger partial charge in [-0.05, 0) is 49.4 Å². The van der Waals surface area contributed by atoms with E-state index in [0.29, 0.717) is 13.0 Å². The molecule has 1 aliphatic heterocycles. The maximum absolute atomic E-state index is 13.4. The van der Waals surface area contributed by atoms with Gasteiger partial charge in [-0.1, -0.05) is 44.2 Å². The van der Waals surface area contributed by atoms with Gasteiger partial charge < -0.3 is 14.8 Å². The SMILES string of the molecule is CCC(CC)C(=O)NCCc1nc2ccccc2n1CC(=O)N1CCCc2ccccc21. The zero-order valence-electron chi connectivity index (χ0n) is 19.0. The molecule has 0 saturated heterocycles. The van der Waals surface area contributed by atoms with Gasteiger partial charge in [0.25, 0.3) is 0 Å². The molecule has 1 N–H and O–H groups in total. The lowest BCUT2D eigenvalue weighted by Gasteiger charge is -2.29. The molecule has 2 heterocycles. The summed E-state index contributed by atoms with van der Waals surface area (Å²) in [4.78, 5) is 32.4. The van der Waals surface area contributed by atoms with Crippen LogP contribution in [0.25, 0.3) is 11.0 Å². The van der Waals surface area contributed by atoms with Crippen LogP contribution >= 0.6 is 0 Å². The van der Waals surface area contributed by atoms with Crippen molar-refractivity contribution in [3.8, 4) is 0 Å². The number of aromatic nitrogens is 2. The second-order valence-corrected chi connectivity index (χ2v) is 8.43. The fourth-order valence-corrected chi connectivity index (χ4v) is 4.61. The molecular formula is C26H32N4O2. The lowest BCUT2D eigenvalue weighted by atomic mass is 10.0. The number of para-hydroxylation sites is 3. The lowest BCUT2D eigenvalue weighted by molar-refractivity contribution is -0.125. The van der Waals surface area contributed by atoms with Crippen LogP contribution in [-0.4, -0.2) is 34.5 Å². The van der Waals surface area contributed by atoms with Crippen LogP contribution in [0.15, 0.2) is 48.5 Å². The maximum atomic E-state index is 13.4. The second-order valence-electron chi connectivity index (χ2n) is 8.43. The highest BCUT2D eigenvalue weighted by Crippen LogP contribution is 2.27. The maximum Gasteiger partial charge on any atom is 0.246 e. The summed E-state index contributed by atoms with van der Waals surface area (Å²) < 4.78 is 2.01. The van der Waals surface area contributed by atoms with Crippen molar-refractivity contribution < 1.29 is 9.59 Å². The Morgan fingerprint density at radius 1 is 1.06 bits per heavy atom. The Hall–Kier alpha value is -3.15. The molecule has 1 aromatic heterocycles. The van der Waals surface area contributed by atoms with Crippen LogP contribution in [0.1, 0.15) is 44.5 Å². The molecule has 0 spiro atoms. The van der Waals surface area contributed by atoms with Crippen molar-refractivity contribution in [3.05, 3.63) is 59.9 Å². The quantitative estimate of drug-likeness (QED) is 0.582. The summed E-state index contributed by atoms with van der Waals surface area (Å²) in [6.07, 6.45) is 4.25. The van der Waals surface area contributed by atoms with Crippen LogP contribution in [0.2, 0.25) is 0 Å². The molecule has 0 atom stereocenters. The summed E-state index contributed by atoms with van der Waals surface area (Å²) in [6.45, 7) is 5.57. The highest BCUT2D eigenvalue weighted by Gasteiger charge is 2.24. The predicted molar refractivity (Wildman–Crippen MR) is 128 cm³/mol. The molecule has 0 saturated carbocycles. The Kier molecular flexibility index (Phi) is 6.88. The van der Waals surface area contributed by atoms with Crippen LogP contribution in [-0.2, 0) is 29.0 Å². The molecule has 1 aliphatic rings. The van der Waals surface area contributed by atoms with Gasteiger partial charge in [0.1, 0.15) is 12.4 Å². The highest BCUT2D eigenvalue weighted by molar-refractivity contribution is 5.95. The minimum absolute atomic E-state index is 0.0505. The van der Waals surface area contributed by atoms with Crippen LogP contribution in [0.4, 0.5) is 5.69 Å². The van der Waals surface area contributed by atoms with Gasteiger partial charge in [0, 0.05) is 31.1 Å². The van der Waals surface area contributed by atoms with Crippen molar-refractivity contribution in [1.82, 2.24) is 14.9 Å². The minimum atomic E-state index is 0.0505. The van der Waals surface area contributed by atoms with E-state index in [1.54, 1.807) is 0 Å². The molecule has 0 radical (unpaired) electrons. The fraction of sp³-hybridized carbons (Fsp3) is 0.423. The van der Waals surface area contributed by atoms with E-state index < -0.39 is 0 Å². The Morgan fingerprint density at radius 3 is 2.62 bits per heavy atom. The Balaban J connectivity index is 1.53. The van der Waals surface area contributed by atoms with E-state index in [9.17, 15) is 9.59 Å². The Morgan fingerprint density at radius 2 is 1.81 bits per heavy atom. The van der Waals surface area contributed by atoms with E-state index in [2.05, 4.69) is 11.4 Å². The van der Waals surface area contributed by atoms with Gasteiger partial charge in [-0.3, -0.25) is 9.59 Å². The Bertz CT molecular complexity index is 1100. The highest BCUT2D eigenvalue weighted by atomic mass is 16.2. The first-order chi connectivity index (χ1) is 15.6. The monoisotopic (exact) mass is 432 g/mol. The number of rotatable bonds is 8. The van der Waals surface area contributed by atoms with Crippen molar-refractivity contribution >= 4 is 28.5 Å². The molecule has 3 aromatic rings. The van der Waals surface area contributed by atoms with Gasteiger partial charge in [-0.2, -0.15) is 0 Å². The molecule has 6 nitrogen and oxygen atoms in total. The van der Waals surface area contributed by atoms with E-state index in [1.807, 2.05) is 65.8 Å². The minimum Gasteiger partial charge on any atom is -0.355 e. The number of carbonyl (C=O) groups excluding carboxylic acids is 2. The van der Waals surface area contributed by atoms with E-state index in [4.69, 9.17) is 4.98 Å². The van der Waals surface area contributed by atoms with Gasteiger partial charge in [0.05, 0.1) is 11.0 Å². The van der Waals surface area contributed by atoms with E-state index in [0.717, 1.165) is 54.8 Å². The number of imidazole rings is 1. The third-order valence-electron chi connectivity index (χ3n) is 6.44. The molecular weight excluding hydrogens is 400 g/mol. The lowest BCUT2D eigenvalue weighted by Crippen LogP contribution is -2.38. The first-order valence-corrected chi connectivity index (χ1v) is 11.7. The first kappa shape index (κ1) is 22.1. The van der Waals surface area contributed by atoms with Crippen molar-refractivity contribution in [2.45, 2.75) is 52.5 Å². The Labute approximate surface area is 189 Å². The average Bonchev–Trinajstić information content (AvgIpc) is 3.16. The van der Waals surface area contributed by atoms with Crippen molar-refractivity contribution in [1.29, 1.82) is 0 Å². The van der Waals surface area contributed by atoms with E-state index in [1.165, 1.54) is 5.56 Å². The largest absolute Gasteiger partial charge is 0.355 e. The number of nitrogens with zero attached hydrogens (tertiary/aromatic N) is 3. The molecule has 0 bridgehead atoms. The molecule has 0 fully saturated rings. The summed E-state index contributed by atoms with van der Waals surface area (Å²) >= 11 is 0. The van der Waals surface area contributed by atoms with Gasteiger partial charge in [0.2, 0.25) is 11.8 Å². The molecule has 0 aliphatic carbocycles. The number of benzene rings is 2. The second kappa shape index (κ2) is 9.98. The topological polar surface area (TPSA) is 67.2 Å². The summed E-state index contributed by atoms with van der Waals surface area (Å²) in [5.41, 5.74) is 4.08. The zero-order valence-corrected chi connectivity index (χ0v) is 19.0. The molecule has 0 unspecified atom stereocenters. The number of hydrogen-bond acceptors (Lipinski definition) is 3. The number of fused-ring (bicyclic) bond motifs is 2.